The van der Waals surface area contributed by atoms with Crippen LogP contribution in [-0.2, 0) is 11.2 Å². The van der Waals surface area contributed by atoms with Crippen molar-refractivity contribution >= 4 is 39.1 Å². The highest BCUT2D eigenvalue weighted by molar-refractivity contribution is 7.20. The van der Waals surface area contributed by atoms with Gasteiger partial charge in [0.05, 0.1) is 12.0 Å². The Labute approximate surface area is 124 Å². The molecule has 0 saturated carbocycles. The van der Waals surface area contributed by atoms with E-state index in [2.05, 4.69) is 9.97 Å². The van der Waals surface area contributed by atoms with Gasteiger partial charge in [-0.2, -0.15) is 0 Å². The molecule has 2 rings (SSSR count). The molecular weight excluding hydrogens is 300 g/mol. The quantitative estimate of drug-likeness (QED) is 0.680. The minimum absolute atomic E-state index is 0.219. The van der Waals surface area contributed by atoms with Gasteiger partial charge >= 0.3 is 5.97 Å². The molecule has 0 saturated heterocycles. The lowest BCUT2D eigenvalue weighted by atomic mass is 10.2. The zero-order chi connectivity index (χ0) is 14.7. The standard InChI is InChI=1S/C13H15ClN2O3S/c1-3-19-13(18)10-7(2)9-11(17)15-8(5-4-6-14)16-12(9)20-10/h3-6H2,1-2H3,(H,15,16,17). The molecule has 1 N–H and O–H groups in total. The molecule has 0 aliphatic carbocycles. The van der Waals surface area contributed by atoms with Crippen molar-refractivity contribution in [2.45, 2.75) is 26.7 Å². The van der Waals surface area contributed by atoms with Crippen LogP contribution in [0.2, 0.25) is 0 Å². The summed E-state index contributed by atoms with van der Waals surface area (Å²) < 4.78 is 4.99. The van der Waals surface area contributed by atoms with E-state index in [-0.39, 0.29) is 5.56 Å². The smallest absolute Gasteiger partial charge is 0.348 e. The van der Waals surface area contributed by atoms with E-state index < -0.39 is 5.97 Å². The Morgan fingerprint density at radius 1 is 1.50 bits per heavy atom. The highest BCUT2D eigenvalue weighted by Crippen LogP contribution is 2.27. The van der Waals surface area contributed by atoms with Crippen LogP contribution in [0, 0.1) is 6.92 Å². The van der Waals surface area contributed by atoms with Crippen LogP contribution in [0.4, 0.5) is 0 Å². The second-order valence-electron chi connectivity index (χ2n) is 4.26. The summed E-state index contributed by atoms with van der Waals surface area (Å²) >= 11 is 6.83. The maximum atomic E-state index is 12.1. The maximum absolute atomic E-state index is 12.1. The van der Waals surface area contributed by atoms with Crippen LogP contribution >= 0.6 is 22.9 Å². The van der Waals surface area contributed by atoms with Crippen LogP contribution in [0.3, 0.4) is 0 Å². The number of H-pyrrole nitrogens is 1. The molecule has 0 aliphatic rings. The molecule has 0 bridgehead atoms. The van der Waals surface area contributed by atoms with Crippen molar-refractivity contribution in [3.8, 4) is 0 Å². The Morgan fingerprint density at radius 2 is 2.25 bits per heavy atom. The van der Waals surface area contributed by atoms with Crippen LogP contribution in [0.1, 0.15) is 34.4 Å². The average molecular weight is 315 g/mol. The van der Waals surface area contributed by atoms with E-state index >= 15 is 0 Å². The number of halogens is 1. The van der Waals surface area contributed by atoms with E-state index in [0.29, 0.717) is 45.4 Å². The molecule has 5 nitrogen and oxygen atoms in total. The summed E-state index contributed by atoms with van der Waals surface area (Å²) in [5.74, 6) is 0.703. The number of fused-ring (bicyclic) bond motifs is 1. The van der Waals surface area contributed by atoms with Crippen LogP contribution in [0.5, 0.6) is 0 Å². The van der Waals surface area contributed by atoms with Gasteiger partial charge < -0.3 is 9.72 Å². The zero-order valence-electron chi connectivity index (χ0n) is 11.3. The summed E-state index contributed by atoms with van der Waals surface area (Å²) in [6.45, 7) is 3.79. The van der Waals surface area contributed by atoms with Crippen molar-refractivity contribution in [1.29, 1.82) is 0 Å². The third-order valence-corrected chi connectivity index (χ3v) is 4.29. The van der Waals surface area contributed by atoms with E-state index in [0.717, 1.165) is 6.42 Å². The fourth-order valence-electron chi connectivity index (χ4n) is 1.93. The number of thiophene rings is 1. The minimum Gasteiger partial charge on any atom is -0.462 e. The second kappa shape index (κ2) is 6.37. The molecule has 7 heteroatoms. The molecule has 20 heavy (non-hydrogen) atoms. The maximum Gasteiger partial charge on any atom is 0.348 e. The summed E-state index contributed by atoms with van der Waals surface area (Å²) in [7, 11) is 0. The van der Waals surface area contributed by atoms with Crippen molar-refractivity contribution in [2.75, 3.05) is 12.5 Å². The number of nitrogens with zero attached hydrogens (tertiary/aromatic N) is 1. The molecule has 0 spiro atoms. The minimum atomic E-state index is -0.408. The predicted octanol–water partition coefficient (Wildman–Crippen LogP) is 2.64. The molecule has 0 radical (unpaired) electrons. The lowest BCUT2D eigenvalue weighted by molar-refractivity contribution is 0.0531. The van der Waals surface area contributed by atoms with Gasteiger partial charge in [0.2, 0.25) is 0 Å². The van der Waals surface area contributed by atoms with E-state index in [1.807, 2.05) is 0 Å². The molecule has 108 valence electrons. The number of esters is 1. The van der Waals surface area contributed by atoms with Crippen molar-refractivity contribution < 1.29 is 9.53 Å². The van der Waals surface area contributed by atoms with Crippen LogP contribution in [-0.4, -0.2) is 28.4 Å². The first-order chi connectivity index (χ1) is 9.58. The fraction of sp³-hybridized carbons (Fsp3) is 0.462. The first kappa shape index (κ1) is 15.0. The fourth-order valence-corrected chi connectivity index (χ4v) is 3.16. The number of alkyl halides is 1. The Kier molecular flexibility index (Phi) is 4.77. The highest BCUT2D eigenvalue weighted by atomic mass is 35.5. The largest absolute Gasteiger partial charge is 0.462 e. The van der Waals surface area contributed by atoms with E-state index in [1.165, 1.54) is 11.3 Å². The number of hydrogen-bond acceptors (Lipinski definition) is 5. The Morgan fingerprint density at radius 3 is 2.90 bits per heavy atom. The number of rotatable bonds is 5. The van der Waals surface area contributed by atoms with Gasteiger partial charge in [0.15, 0.2) is 0 Å². The molecule has 0 unspecified atom stereocenters. The van der Waals surface area contributed by atoms with Gasteiger partial charge in [-0.05, 0) is 25.8 Å². The van der Waals surface area contributed by atoms with Crippen molar-refractivity contribution in [2.24, 2.45) is 0 Å². The molecule has 2 aromatic heterocycles. The molecule has 2 heterocycles. The van der Waals surface area contributed by atoms with Gasteiger partial charge in [0.25, 0.3) is 5.56 Å². The Balaban J connectivity index is 2.50. The molecule has 2 aromatic rings. The van der Waals surface area contributed by atoms with Gasteiger partial charge in [0.1, 0.15) is 15.5 Å². The molecule has 0 aromatic carbocycles. The Bertz CT molecular complexity index is 693. The number of carbonyl (C=O) groups is 1. The lowest BCUT2D eigenvalue weighted by Crippen LogP contribution is -2.12. The second-order valence-corrected chi connectivity index (χ2v) is 5.64. The monoisotopic (exact) mass is 314 g/mol. The van der Waals surface area contributed by atoms with Gasteiger partial charge in [-0.25, -0.2) is 9.78 Å². The van der Waals surface area contributed by atoms with Gasteiger partial charge in [-0.1, -0.05) is 0 Å². The summed E-state index contributed by atoms with van der Waals surface area (Å²) in [6.07, 6.45) is 1.35. The average Bonchev–Trinajstić information content (AvgIpc) is 2.74. The number of aromatic nitrogens is 2. The molecular formula is C13H15ClN2O3S. The topological polar surface area (TPSA) is 72.0 Å². The zero-order valence-corrected chi connectivity index (χ0v) is 12.9. The normalized spacial score (nSPS) is 10.9. The first-order valence-corrected chi connectivity index (χ1v) is 7.69. The number of aryl methyl sites for hydroxylation is 2. The third kappa shape index (κ3) is 2.86. The van der Waals surface area contributed by atoms with Gasteiger partial charge in [-0.3, -0.25) is 4.79 Å². The van der Waals surface area contributed by atoms with E-state index in [4.69, 9.17) is 16.3 Å². The summed E-state index contributed by atoms with van der Waals surface area (Å²) in [5, 5.41) is 0.465. The van der Waals surface area contributed by atoms with Crippen LogP contribution in [0.25, 0.3) is 10.2 Å². The molecule has 0 amide bonds. The summed E-state index contributed by atoms with van der Waals surface area (Å²) in [4.78, 5) is 32.1. The summed E-state index contributed by atoms with van der Waals surface area (Å²) in [6, 6.07) is 0. The number of ether oxygens (including phenoxy) is 1. The van der Waals surface area contributed by atoms with Crippen LogP contribution in [0.15, 0.2) is 4.79 Å². The number of hydrogen-bond donors (Lipinski definition) is 1. The summed E-state index contributed by atoms with van der Waals surface area (Å²) in [5.41, 5.74) is 0.407. The number of aromatic amines is 1. The van der Waals surface area contributed by atoms with Gasteiger partial charge in [0, 0.05) is 12.3 Å². The first-order valence-electron chi connectivity index (χ1n) is 6.33. The highest BCUT2D eigenvalue weighted by Gasteiger charge is 2.19. The number of nitrogens with one attached hydrogen (secondary N) is 1. The van der Waals surface area contributed by atoms with Crippen LogP contribution < -0.4 is 5.56 Å². The lowest BCUT2D eigenvalue weighted by Gasteiger charge is -1.99. The SMILES string of the molecule is CCOC(=O)c1sc2nc(CCCCl)[nH]c(=O)c2c1C. The van der Waals surface area contributed by atoms with E-state index in [1.54, 1.807) is 13.8 Å². The van der Waals surface area contributed by atoms with Crippen molar-refractivity contribution in [3.63, 3.8) is 0 Å². The van der Waals surface area contributed by atoms with E-state index in [9.17, 15) is 9.59 Å². The third-order valence-electron chi connectivity index (χ3n) is 2.86. The molecule has 0 aliphatic heterocycles. The molecule has 0 fully saturated rings. The number of carbonyl (C=O) groups excluding carboxylic acids is 1. The van der Waals surface area contributed by atoms with Crippen molar-refractivity contribution in [1.82, 2.24) is 9.97 Å². The predicted molar refractivity (Wildman–Crippen MR) is 80.0 cm³/mol. The molecule has 0 atom stereocenters. The van der Waals surface area contributed by atoms with Crippen molar-refractivity contribution in [3.05, 3.63) is 26.6 Å². The van der Waals surface area contributed by atoms with Gasteiger partial charge in [-0.15, -0.1) is 22.9 Å². The Hall–Kier alpha value is -1.40.